The number of aromatic nitrogens is 1. The molecule has 1 aliphatic rings. The molecule has 7 heteroatoms. The number of benzene rings is 1. The zero-order chi connectivity index (χ0) is 14.2. The van der Waals surface area contributed by atoms with E-state index >= 15 is 0 Å². The first-order valence-corrected chi connectivity index (χ1v) is 8.89. The van der Waals surface area contributed by atoms with Crippen LogP contribution < -0.4 is 9.32 Å². The summed E-state index contributed by atoms with van der Waals surface area (Å²) in [6.07, 6.45) is 6.21. The van der Waals surface area contributed by atoms with Gasteiger partial charge in [0.15, 0.2) is 0 Å². The van der Waals surface area contributed by atoms with Crippen LogP contribution in [-0.4, -0.2) is 12.8 Å². The van der Waals surface area contributed by atoms with E-state index in [0.717, 1.165) is 15.8 Å². The van der Waals surface area contributed by atoms with Gasteiger partial charge in [0.25, 0.3) is 0 Å². The summed E-state index contributed by atoms with van der Waals surface area (Å²) in [5.74, 6) is 0.765. The largest absolute Gasteiger partial charge is 0.380 e. The Kier molecular flexibility index (Phi) is 3.66. The van der Waals surface area contributed by atoms with Crippen molar-refractivity contribution in [3.05, 3.63) is 23.9 Å². The molecule has 1 fully saturated rings. The number of nitrogens with two attached hydrogens (primary N) is 1. The highest BCUT2D eigenvalue weighted by atomic mass is 32.2. The number of hydrogen-bond donors (Lipinski definition) is 1. The van der Waals surface area contributed by atoms with Gasteiger partial charge in [0, 0.05) is 17.4 Å². The molecule has 0 amide bonds. The van der Waals surface area contributed by atoms with Crippen molar-refractivity contribution in [2.75, 3.05) is 0 Å². The van der Waals surface area contributed by atoms with E-state index in [9.17, 15) is 8.42 Å². The van der Waals surface area contributed by atoms with Crippen molar-refractivity contribution in [2.24, 2.45) is 5.14 Å². The van der Waals surface area contributed by atoms with Crippen LogP contribution in [0, 0.1) is 0 Å². The lowest BCUT2D eigenvalue weighted by Gasteiger charge is -2.19. The lowest BCUT2D eigenvalue weighted by atomic mass is 9.86. The highest BCUT2D eigenvalue weighted by molar-refractivity contribution is 7.84. The maximum absolute atomic E-state index is 10.9. The average Bonchev–Trinajstić information content (AvgIpc) is 2.81. The van der Waals surface area contributed by atoms with E-state index in [1.165, 1.54) is 43.6 Å². The highest BCUT2D eigenvalue weighted by Crippen LogP contribution is 2.38. The molecule has 2 N–H and O–H groups in total. The first kappa shape index (κ1) is 13.8. The van der Waals surface area contributed by atoms with Crippen molar-refractivity contribution in [3.8, 4) is 5.75 Å². The molecule has 1 aliphatic carbocycles. The third-order valence-corrected chi connectivity index (χ3v) is 4.92. The van der Waals surface area contributed by atoms with Gasteiger partial charge in [-0.3, -0.25) is 0 Å². The van der Waals surface area contributed by atoms with Crippen molar-refractivity contribution < 1.29 is 12.6 Å². The van der Waals surface area contributed by atoms with Crippen molar-refractivity contribution >= 4 is 31.9 Å². The Labute approximate surface area is 122 Å². The number of rotatable bonds is 3. The van der Waals surface area contributed by atoms with Crippen LogP contribution in [0.2, 0.25) is 0 Å². The lowest BCUT2D eigenvalue weighted by Crippen LogP contribution is -2.18. The zero-order valence-corrected chi connectivity index (χ0v) is 12.5. The Morgan fingerprint density at radius 1 is 1.25 bits per heavy atom. The molecule has 0 radical (unpaired) electrons. The Morgan fingerprint density at radius 3 is 2.70 bits per heavy atom. The van der Waals surface area contributed by atoms with Gasteiger partial charge in [-0.25, -0.2) is 0 Å². The van der Waals surface area contributed by atoms with Gasteiger partial charge in [-0.2, -0.15) is 17.9 Å². The SMILES string of the molecule is NS(=O)(=O)Oc1ccc2c(C3CCCCC3)nsc2c1. The predicted molar refractivity (Wildman–Crippen MR) is 79.2 cm³/mol. The van der Waals surface area contributed by atoms with Crippen molar-refractivity contribution in [2.45, 2.75) is 38.0 Å². The molecule has 3 rings (SSSR count). The quantitative estimate of drug-likeness (QED) is 0.944. The Bertz CT molecular complexity index is 718. The molecule has 0 unspecified atom stereocenters. The molecule has 0 aliphatic heterocycles. The Morgan fingerprint density at radius 2 is 2.00 bits per heavy atom. The minimum Gasteiger partial charge on any atom is -0.371 e. The maximum atomic E-state index is 10.9. The fourth-order valence-electron chi connectivity index (χ4n) is 2.79. The average molecular weight is 312 g/mol. The van der Waals surface area contributed by atoms with Crippen LogP contribution >= 0.6 is 11.5 Å². The molecular weight excluding hydrogens is 296 g/mol. The third kappa shape index (κ3) is 2.94. The summed E-state index contributed by atoms with van der Waals surface area (Å²) in [6, 6.07) is 5.19. The van der Waals surface area contributed by atoms with Gasteiger partial charge < -0.3 is 4.18 Å². The lowest BCUT2D eigenvalue weighted by molar-refractivity contribution is 0.441. The fourth-order valence-corrected chi connectivity index (χ4v) is 4.05. The smallest absolute Gasteiger partial charge is 0.371 e. The number of nitrogens with zero attached hydrogens (tertiary/aromatic N) is 1. The summed E-state index contributed by atoms with van der Waals surface area (Å²) in [4.78, 5) is 0. The van der Waals surface area contributed by atoms with E-state index in [1.807, 2.05) is 6.07 Å². The molecule has 5 nitrogen and oxygen atoms in total. The van der Waals surface area contributed by atoms with Gasteiger partial charge in [-0.1, -0.05) is 19.3 Å². The highest BCUT2D eigenvalue weighted by Gasteiger charge is 2.20. The van der Waals surface area contributed by atoms with Gasteiger partial charge >= 0.3 is 10.3 Å². The second-order valence-electron chi connectivity index (χ2n) is 5.14. The Balaban J connectivity index is 1.93. The summed E-state index contributed by atoms with van der Waals surface area (Å²) in [5.41, 5.74) is 1.15. The van der Waals surface area contributed by atoms with E-state index < -0.39 is 10.3 Å². The van der Waals surface area contributed by atoms with Crippen LogP contribution in [0.5, 0.6) is 5.75 Å². The molecule has 1 heterocycles. The van der Waals surface area contributed by atoms with Crippen LogP contribution in [0.15, 0.2) is 18.2 Å². The first-order chi connectivity index (χ1) is 9.53. The molecule has 0 bridgehead atoms. The third-order valence-electron chi connectivity index (χ3n) is 3.68. The normalized spacial score (nSPS) is 17.4. The molecule has 20 heavy (non-hydrogen) atoms. The van der Waals surface area contributed by atoms with Crippen LogP contribution in [0.1, 0.15) is 43.7 Å². The van der Waals surface area contributed by atoms with E-state index in [1.54, 1.807) is 12.1 Å². The second-order valence-corrected chi connectivity index (χ2v) is 7.09. The van der Waals surface area contributed by atoms with Gasteiger partial charge in [0.2, 0.25) is 0 Å². The molecule has 0 saturated heterocycles. The van der Waals surface area contributed by atoms with Gasteiger partial charge in [-0.15, -0.1) is 0 Å². The van der Waals surface area contributed by atoms with E-state index in [4.69, 9.17) is 9.32 Å². The van der Waals surface area contributed by atoms with E-state index in [0.29, 0.717) is 5.92 Å². The van der Waals surface area contributed by atoms with Crippen molar-refractivity contribution in [1.82, 2.24) is 4.37 Å². The molecule has 108 valence electrons. The minimum atomic E-state index is -3.98. The number of hydrogen-bond acceptors (Lipinski definition) is 5. The monoisotopic (exact) mass is 312 g/mol. The molecule has 1 aromatic carbocycles. The molecule has 1 aromatic heterocycles. The predicted octanol–water partition coefficient (Wildman–Crippen LogP) is 2.93. The van der Waals surface area contributed by atoms with E-state index in [-0.39, 0.29) is 5.75 Å². The summed E-state index contributed by atoms with van der Waals surface area (Å²) in [6.45, 7) is 0. The summed E-state index contributed by atoms with van der Waals surface area (Å²) in [7, 11) is -3.98. The zero-order valence-electron chi connectivity index (χ0n) is 10.9. The Hall–Kier alpha value is -1.18. The van der Waals surface area contributed by atoms with Crippen LogP contribution in [0.25, 0.3) is 10.1 Å². The van der Waals surface area contributed by atoms with Crippen molar-refractivity contribution in [3.63, 3.8) is 0 Å². The molecule has 1 saturated carbocycles. The summed E-state index contributed by atoms with van der Waals surface area (Å²) < 4.78 is 32.1. The van der Waals surface area contributed by atoms with E-state index in [2.05, 4.69) is 4.37 Å². The minimum absolute atomic E-state index is 0.235. The summed E-state index contributed by atoms with van der Waals surface area (Å²) >= 11 is 1.38. The molecule has 2 aromatic rings. The standard InChI is InChI=1S/C13H16N2O3S2/c14-20(16,17)18-10-6-7-11-12(8-10)19-15-13(11)9-4-2-1-3-5-9/h6-9H,1-5H2,(H2,14,16,17). The van der Waals surface area contributed by atoms with Gasteiger partial charge in [-0.05, 0) is 36.5 Å². The van der Waals surface area contributed by atoms with Crippen LogP contribution in [0.3, 0.4) is 0 Å². The van der Waals surface area contributed by atoms with Crippen LogP contribution in [0.4, 0.5) is 0 Å². The second kappa shape index (κ2) is 5.31. The topological polar surface area (TPSA) is 82.3 Å². The maximum Gasteiger partial charge on any atom is 0.380 e. The van der Waals surface area contributed by atoms with Gasteiger partial charge in [0.05, 0.1) is 10.4 Å². The molecular formula is C13H16N2O3S2. The van der Waals surface area contributed by atoms with Crippen LogP contribution in [-0.2, 0) is 10.3 Å². The first-order valence-electron chi connectivity index (χ1n) is 6.64. The molecule has 0 atom stereocenters. The summed E-state index contributed by atoms with van der Waals surface area (Å²) in [5, 5.41) is 5.97. The number of fused-ring (bicyclic) bond motifs is 1. The molecule has 0 spiro atoms. The fraction of sp³-hybridized carbons (Fsp3) is 0.462. The van der Waals surface area contributed by atoms with Gasteiger partial charge in [0.1, 0.15) is 5.75 Å². The van der Waals surface area contributed by atoms with Crippen molar-refractivity contribution in [1.29, 1.82) is 0 Å².